The van der Waals surface area contributed by atoms with E-state index in [0.29, 0.717) is 11.6 Å². The van der Waals surface area contributed by atoms with E-state index in [1.807, 2.05) is 24.3 Å². The summed E-state index contributed by atoms with van der Waals surface area (Å²) in [5.41, 5.74) is 1.57. The van der Waals surface area contributed by atoms with Gasteiger partial charge in [-0.05, 0) is 63.0 Å². The summed E-state index contributed by atoms with van der Waals surface area (Å²) in [7, 11) is 0. The molecule has 3 fully saturated rings. The monoisotopic (exact) mass is 408 g/mol. The molecule has 4 rings (SSSR count). The van der Waals surface area contributed by atoms with Crippen LogP contribution >= 0.6 is 12.2 Å². The van der Waals surface area contributed by atoms with Crippen LogP contribution in [0.25, 0.3) is 0 Å². The van der Waals surface area contributed by atoms with Crippen molar-refractivity contribution in [3.8, 4) is 6.07 Å². The number of hydrogen-bond donors (Lipinski definition) is 0. The van der Waals surface area contributed by atoms with Gasteiger partial charge in [0, 0.05) is 11.1 Å². The average Bonchev–Trinajstić information content (AvgIpc) is 2.94. The largest absolute Gasteiger partial charge is 0.293 e. The predicted octanol–water partition coefficient (Wildman–Crippen LogP) is 5.32. The van der Waals surface area contributed by atoms with Gasteiger partial charge in [-0.25, -0.2) is 0 Å². The third-order valence-corrected chi connectivity index (χ3v) is 7.52. The summed E-state index contributed by atoms with van der Waals surface area (Å²) < 4.78 is 0. The number of piperidine rings is 1. The van der Waals surface area contributed by atoms with Crippen molar-refractivity contribution in [2.75, 3.05) is 18.0 Å². The second kappa shape index (κ2) is 8.53. The fraction of sp³-hybridized carbons (Fsp3) is 0.625. The third-order valence-electron chi connectivity index (χ3n) is 6.81. The van der Waals surface area contributed by atoms with Gasteiger partial charge in [0.2, 0.25) is 0 Å². The van der Waals surface area contributed by atoms with Gasteiger partial charge in [0.05, 0.1) is 28.7 Å². The van der Waals surface area contributed by atoms with Crippen LogP contribution < -0.4 is 4.90 Å². The molecule has 2 aliphatic heterocycles. The molecule has 0 N–H and O–H groups in total. The SMILES string of the molecule is CC1(C)C(=S)N(c2ccc(C#N)cc2)C(=NC2CCCCC2)[C@@H]1N1CCCCC1. The summed E-state index contributed by atoms with van der Waals surface area (Å²) in [6.07, 6.45) is 10.1. The van der Waals surface area contributed by atoms with Gasteiger partial charge in [-0.3, -0.25) is 14.8 Å². The van der Waals surface area contributed by atoms with Crippen molar-refractivity contribution in [1.29, 1.82) is 5.26 Å². The highest BCUT2D eigenvalue weighted by Gasteiger charge is 2.52. The van der Waals surface area contributed by atoms with Crippen molar-refractivity contribution in [1.82, 2.24) is 4.90 Å². The van der Waals surface area contributed by atoms with Gasteiger partial charge in [-0.15, -0.1) is 0 Å². The Morgan fingerprint density at radius 2 is 1.62 bits per heavy atom. The third kappa shape index (κ3) is 3.98. The minimum Gasteiger partial charge on any atom is -0.293 e. The highest BCUT2D eigenvalue weighted by molar-refractivity contribution is 7.80. The predicted molar refractivity (Wildman–Crippen MR) is 124 cm³/mol. The molecule has 1 atom stereocenters. The van der Waals surface area contributed by atoms with Crippen molar-refractivity contribution in [3.05, 3.63) is 29.8 Å². The zero-order valence-corrected chi connectivity index (χ0v) is 18.5. The van der Waals surface area contributed by atoms with Crippen LogP contribution in [0.3, 0.4) is 0 Å². The topological polar surface area (TPSA) is 42.6 Å². The molecule has 4 nitrogen and oxygen atoms in total. The molecule has 1 aliphatic carbocycles. The lowest BCUT2D eigenvalue weighted by atomic mass is 9.85. The lowest BCUT2D eigenvalue weighted by Gasteiger charge is -2.38. The van der Waals surface area contributed by atoms with Crippen LogP contribution in [0.1, 0.15) is 70.8 Å². The number of nitrogens with zero attached hydrogens (tertiary/aromatic N) is 4. The van der Waals surface area contributed by atoms with Gasteiger partial charge in [-0.1, -0.05) is 51.7 Å². The van der Waals surface area contributed by atoms with Crippen LogP contribution in [0.5, 0.6) is 0 Å². The van der Waals surface area contributed by atoms with E-state index >= 15 is 0 Å². The molecule has 0 spiro atoms. The smallest absolute Gasteiger partial charge is 0.127 e. The molecule has 0 aromatic heterocycles. The second-order valence-corrected chi connectivity index (χ2v) is 9.69. The Hall–Kier alpha value is -1.77. The summed E-state index contributed by atoms with van der Waals surface area (Å²) in [5, 5.41) is 9.19. The summed E-state index contributed by atoms with van der Waals surface area (Å²) in [5.74, 6) is 1.14. The fourth-order valence-electron chi connectivity index (χ4n) is 5.21. The van der Waals surface area contributed by atoms with E-state index in [-0.39, 0.29) is 11.5 Å². The Balaban J connectivity index is 1.77. The van der Waals surface area contributed by atoms with Crippen LogP contribution in [0.15, 0.2) is 29.3 Å². The van der Waals surface area contributed by atoms with Gasteiger partial charge in [-0.2, -0.15) is 5.26 Å². The van der Waals surface area contributed by atoms with Crippen molar-refractivity contribution in [2.24, 2.45) is 10.4 Å². The van der Waals surface area contributed by atoms with Gasteiger partial charge < -0.3 is 0 Å². The summed E-state index contributed by atoms with van der Waals surface area (Å²) >= 11 is 6.06. The molecular weight excluding hydrogens is 376 g/mol. The Kier molecular flexibility index (Phi) is 6.03. The highest BCUT2D eigenvalue weighted by Crippen LogP contribution is 2.41. The fourth-order valence-corrected chi connectivity index (χ4v) is 5.52. The average molecular weight is 409 g/mol. The number of benzene rings is 1. The van der Waals surface area contributed by atoms with E-state index in [0.717, 1.165) is 29.6 Å². The first kappa shape index (κ1) is 20.5. The number of amidine groups is 1. The minimum absolute atomic E-state index is 0.145. The molecule has 1 aromatic rings. The molecule has 0 radical (unpaired) electrons. The van der Waals surface area contributed by atoms with Crippen LogP contribution in [0.4, 0.5) is 5.69 Å². The van der Waals surface area contributed by atoms with Crippen LogP contribution in [0, 0.1) is 16.7 Å². The maximum absolute atomic E-state index is 9.19. The molecule has 5 heteroatoms. The van der Waals surface area contributed by atoms with Gasteiger partial charge in [0.25, 0.3) is 0 Å². The molecule has 29 heavy (non-hydrogen) atoms. The Bertz CT molecular complexity index is 808. The number of aliphatic imine (C=N–C) groups is 1. The molecule has 2 heterocycles. The maximum Gasteiger partial charge on any atom is 0.127 e. The number of anilines is 1. The summed E-state index contributed by atoms with van der Waals surface area (Å²) in [4.78, 5) is 11.2. The number of thiocarbonyl (C=S) groups is 1. The standard InChI is InChI=1S/C24H32N4S/c1-24(2)21(27-15-7-4-8-16-27)22(26-19-9-5-3-6-10-19)28(23(24)29)20-13-11-18(17-25)12-14-20/h11-14,19,21H,3-10,15-16H2,1-2H3/t21-/m0/s1. The molecule has 1 aromatic carbocycles. The van der Waals surface area contributed by atoms with Crippen LogP contribution in [-0.4, -0.2) is 40.9 Å². The lowest BCUT2D eigenvalue weighted by Crippen LogP contribution is -2.50. The van der Waals surface area contributed by atoms with E-state index in [4.69, 9.17) is 17.2 Å². The minimum atomic E-state index is -0.145. The Morgan fingerprint density at radius 3 is 2.24 bits per heavy atom. The molecule has 3 aliphatic rings. The first-order valence-corrected chi connectivity index (χ1v) is 11.6. The molecule has 0 bridgehead atoms. The zero-order chi connectivity index (χ0) is 20.4. The van der Waals surface area contributed by atoms with E-state index in [1.165, 1.54) is 51.4 Å². The molecule has 1 saturated carbocycles. The number of hydrogen-bond acceptors (Lipinski definition) is 4. The Morgan fingerprint density at radius 1 is 1.00 bits per heavy atom. The number of rotatable bonds is 3. The van der Waals surface area contributed by atoms with Crippen molar-refractivity contribution in [2.45, 2.75) is 77.3 Å². The second-order valence-electron chi connectivity index (χ2n) is 9.30. The quantitative estimate of drug-likeness (QED) is 0.635. The first-order valence-electron chi connectivity index (χ1n) is 11.2. The zero-order valence-electron chi connectivity index (χ0n) is 17.7. The van der Waals surface area contributed by atoms with E-state index in [1.54, 1.807) is 0 Å². The van der Waals surface area contributed by atoms with E-state index in [2.05, 4.69) is 29.7 Å². The van der Waals surface area contributed by atoms with Gasteiger partial charge in [0.1, 0.15) is 5.84 Å². The van der Waals surface area contributed by atoms with Gasteiger partial charge >= 0.3 is 0 Å². The molecule has 154 valence electrons. The summed E-state index contributed by atoms with van der Waals surface area (Å²) in [6, 6.07) is 10.7. The first-order chi connectivity index (χ1) is 14.0. The molecule has 0 amide bonds. The lowest BCUT2D eigenvalue weighted by molar-refractivity contribution is 0.154. The maximum atomic E-state index is 9.19. The van der Waals surface area contributed by atoms with Crippen LogP contribution in [0.2, 0.25) is 0 Å². The van der Waals surface area contributed by atoms with E-state index in [9.17, 15) is 5.26 Å². The van der Waals surface area contributed by atoms with E-state index < -0.39 is 0 Å². The summed E-state index contributed by atoms with van der Waals surface area (Å²) in [6.45, 7) is 6.83. The van der Waals surface area contributed by atoms with Crippen molar-refractivity contribution < 1.29 is 0 Å². The Labute approximate surface area is 180 Å². The van der Waals surface area contributed by atoms with Crippen molar-refractivity contribution >= 4 is 28.7 Å². The van der Waals surface area contributed by atoms with Gasteiger partial charge in [0.15, 0.2) is 0 Å². The van der Waals surface area contributed by atoms with Crippen molar-refractivity contribution in [3.63, 3.8) is 0 Å². The molecule has 0 unspecified atom stereocenters. The number of nitriles is 1. The van der Waals surface area contributed by atoms with Crippen LogP contribution in [-0.2, 0) is 0 Å². The highest BCUT2D eigenvalue weighted by atomic mass is 32.1. The normalized spacial score (nSPS) is 27.3. The molecule has 2 saturated heterocycles. The number of likely N-dealkylation sites (tertiary alicyclic amines) is 1. The molecular formula is C24H32N4S.